The van der Waals surface area contributed by atoms with E-state index in [1.54, 1.807) is 12.1 Å². The van der Waals surface area contributed by atoms with Crippen molar-refractivity contribution in [2.24, 2.45) is 0 Å². The molecule has 5 nitrogen and oxygen atoms in total. The predicted molar refractivity (Wildman–Crippen MR) is 229 cm³/mol. The van der Waals surface area contributed by atoms with E-state index in [4.69, 9.17) is 9.26 Å². The summed E-state index contributed by atoms with van der Waals surface area (Å²) in [5.41, 5.74) is 2.66. The van der Waals surface area contributed by atoms with Gasteiger partial charge in [-0.05, 0) is 64.7 Å². The van der Waals surface area contributed by atoms with Gasteiger partial charge in [-0.1, -0.05) is 186 Å². The number of hydrogen-bond donors (Lipinski definition) is 2. The van der Waals surface area contributed by atoms with Crippen molar-refractivity contribution in [1.82, 2.24) is 0 Å². The molecule has 0 unspecified atom stereocenters. The van der Waals surface area contributed by atoms with Gasteiger partial charge in [0.2, 0.25) is 0 Å². The van der Waals surface area contributed by atoms with Gasteiger partial charge in [-0.25, -0.2) is 4.79 Å². The second-order valence-electron chi connectivity index (χ2n) is 19.0. The minimum absolute atomic E-state index is 0.0303. The fourth-order valence-electron chi connectivity index (χ4n) is 6.89. The van der Waals surface area contributed by atoms with E-state index in [0.29, 0.717) is 34.4 Å². The third kappa shape index (κ3) is 14.6. The normalized spacial score (nSPS) is 13.0. The van der Waals surface area contributed by atoms with Gasteiger partial charge in [-0.15, -0.1) is 0 Å². The standard InChI is InChI=1S/C47H80O5P/c1-14-17-18-19-20-21-22-23-24-25-26-27-28-29-32-51-43(48)36-33-39(44(4,5)6)42(40(34-36)45(7,8)9)53(49,50)52-41-31-30-37(46(10,11)15-2)35-38(41)47(12,13)16-3/h30-31,33-35,49-50H,14-29,32H2,1-13H3/q+1. The Hall–Kier alpha value is -1.94. The Balaban J connectivity index is 2.23. The van der Waals surface area contributed by atoms with E-state index in [1.165, 1.54) is 82.6 Å². The lowest BCUT2D eigenvalue weighted by Gasteiger charge is -2.32. The van der Waals surface area contributed by atoms with Crippen LogP contribution in [0.1, 0.15) is 225 Å². The lowest BCUT2D eigenvalue weighted by Crippen LogP contribution is -2.35. The van der Waals surface area contributed by atoms with Crippen molar-refractivity contribution in [3.8, 4) is 5.75 Å². The summed E-state index contributed by atoms with van der Waals surface area (Å²) >= 11 is 0. The van der Waals surface area contributed by atoms with Gasteiger partial charge in [0.05, 0.1) is 12.2 Å². The minimum Gasteiger partial charge on any atom is -0.462 e. The summed E-state index contributed by atoms with van der Waals surface area (Å²) in [4.78, 5) is 37.9. The molecule has 0 heterocycles. The molecule has 0 aliphatic heterocycles. The lowest BCUT2D eigenvalue weighted by molar-refractivity contribution is 0.0497. The van der Waals surface area contributed by atoms with Gasteiger partial charge in [0.25, 0.3) is 0 Å². The summed E-state index contributed by atoms with van der Waals surface area (Å²) in [6, 6.07) is 9.76. The molecule has 0 aromatic heterocycles. The highest BCUT2D eigenvalue weighted by Crippen LogP contribution is 2.56. The molecule has 0 bridgehead atoms. The first-order valence-corrected chi connectivity index (χ1v) is 22.8. The molecule has 0 fully saturated rings. The van der Waals surface area contributed by atoms with Gasteiger partial charge >= 0.3 is 13.9 Å². The number of hydrogen-bond acceptors (Lipinski definition) is 5. The number of carbonyl (C=O) groups is 1. The van der Waals surface area contributed by atoms with E-state index in [9.17, 15) is 14.6 Å². The van der Waals surface area contributed by atoms with Gasteiger partial charge in [0, 0.05) is 16.7 Å². The Morgan fingerprint density at radius 2 is 1.02 bits per heavy atom. The highest BCUT2D eigenvalue weighted by molar-refractivity contribution is 7.68. The number of unbranched alkanes of at least 4 members (excludes halogenated alkanes) is 13. The largest absolute Gasteiger partial charge is 0.488 e. The van der Waals surface area contributed by atoms with Crippen LogP contribution in [0.15, 0.2) is 30.3 Å². The molecule has 302 valence electrons. The average Bonchev–Trinajstić information content (AvgIpc) is 3.08. The van der Waals surface area contributed by atoms with Gasteiger partial charge in [0.1, 0.15) is 0 Å². The maximum absolute atomic E-state index is 13.5. The van der Waals surface area contributed by atoms with Crippen LogP contribution in [0.2, 0.25) is 0 Å². The Labute approximate surface area is 327 Å². The summed E-state index contributed by atoms with van der Waals surface area (Å²) in [6.07, 6.45) is 19.7. The molecule has 2 aromatic rings. The fraction of sp³-hybridized carbons (Fsp3) is 0.723. The number of rotatable bonds is 23. The van der Waals surface area contributed by atoms with Crippen LogP contribution in [0.3, 0.4) is 0 Å². The first-order chi connectivity index (χ1) is 24.6. The minimum atomic E-state index is -4.21. The second kappa shape index (κ2) is 20.8. The van der Waals surface area contributed by atoms with Crippen LogP contribution in [0.4, 0.5) is 0 Å². The smallest absolute Gasteiger partial charge is 0.462 e. The Morgan fingerprint density at radius 3 is 1.43 bits per heavy atom. The third-order valence-electron chi connectivity index (χ3n) is 11.5. The van der Waals surface area contributed by atoms with Crippen LogP contribution in [0, 0.1) is 0 Å². The summed E-state index contributed by atoms with van der Waals surface area (Å²) in [5, 5.41) is 0.388. The molecule has 2 rings (SSSR count). The fourth-order valence-corrected chi connectivity index (χ4v) is 8.84. The molecular weight excluding hydrogens is 675 g/mol. The summed E-state index contributed by atoms with van der Waals surface area (Å²) < 4.78 is 12.3. The SMILES string of the molecule is CCCCCCCCCCCCCCCCOC(=O)c1cc(C(C)(C)C)c([P+](O)(O)Oc2ccc(C(C)(C)CC)cc2C(C)(C)CC)c(C(C)(C)C)c1. The molecule has 0 aliphatic rings. The summed E-state index contributed by atoms with van der Waals surface area (Å²) in [5.74, 6) is 0.117. The number of ether oxygens (including phenoxy) is 1. The topological polar surface area (TPSA) is 76.0 Å². The highest BCUT2D eigenvalue weighted by Gasteiger charge is 2.50. The lowest BCUT2D eigenvalue weighted by atomic mass is 9.76. The molecule has 0 saturated carbocycles. The molecule has 0 spiro atoms. The number of esters is 1. The van der Waals surface area contributed by atoms with E-state index in [0.717, 1.165) is 31.2 Å². The average molecular weight is 756 g/mol. The second-order valence-corrected chi connectivity index (χ2v) is 20.7. The molecule has 6 heteroatoms. The molecule has 0 saturated heterocycles. The molecule has 2 N–H and O–H groups in total. The van der Waals surface area contributed by atoms with Gasteiger partial charge < -0.3 is 4.74 Å². The summed E-state index contributed by atoms with van der Waals surface area (Å²) in [7, 11) is -4.21. The van der Waals surface area contributed by atoms with Crippen molar-refractivity contribution >= 4 is 19.2 Å². The van der Waals surface area contributed by atoms with Gasteiger partial charge in [-0.3, -0.25) is 4.52 Å². The maximum Gasteiger partial charge on any atom is 0.488 e. The first-order valence-electron chi connectivity index (χ1n) is 21.2. The first kappa shape index (κ1) is 47.2. The molecule has 0 radical (unpaired) electrons. The monoisotopic (exact) mass is 756 g/mol. The Morgan fingerprint density at radius 1 is 0.585 bits per heavy atom. The van der Waals surface area contributed by atoms with E-state index in [2.05, 4.69) is 60.6 Å². The maximum atomic E-state index is 13.5. The van der Waals surface area contributed by atoms with Crippen molar-refractivity contribution in [2.45, 2.75) is 214 Å². The van der Waals surface area contributed by atoms with E-state index >= 15 is 0 Å². The van der Waals surface area contributed by atoms with Crippen molar-refractivity contribution in [3.05, 3.63) is 58.1 Å². The highest BCUT2D eigenvalue weighted by atomic mass is 31.2. The van der Waals surface area contributed by atoms with E-state index in [1.807, 2.05) is 47.6 Å². The third-order valence-corrected chi connectivity index (χ3v) is 13.0. The van der Waals surface area contributed by atoms with Gasteiger partial charge in [-0.2, -0.15) is 9.79 Å². The van der Waals surface area contributed by atoms with Crippen LogP contribution in [-0.2, 0) is 26.4 Å². The van der Waals surface area contributed by atoms with Crippen molar-refractivity contribution in [2.75, 3.05) is 6.61 Å². The van der Waals surface area contributed by atoms with Crippen molar-refractivity contribution in [3.63, 3.8) is 0 Å². The Bertz CT molecular complexity index is 1370. The van der Waals surface area contributed by atoms with E-state index in [-0.39, 0.29) is 16.8 Å². The molecule has 0 atom stereocenters. The van der Waals surface area contributed by atoms with Crippen LogP contribution >= 0.6 is 7.94 Å². The molecule has 2 aromatic carbocycles. The zero-order valence-corrected chi connectivity index (χ0v) is 37.4. The number of benzene rings is 2. The number of carbonyl (C=O) groups excluding carboxylic acids is 1. The zero-order chi connectivity index (χ0) is 40.1. The van der Waals surface area contributed by atoms with Crippen LogP contribution in [0.5, 0.6) is 5.75 Å². The quantitative estimate of drug-likeness (QED) is 0.0671. The van der Waals surface area contributed by atoms with E-state index < -0.39 is 18.8 Å². The van der Waals surface area contributed by atoms with Gasteiger partial charge in [0.15, 0.2) is 11.1 Å². The van der Waals surface area contributed by atoms with Crippen LogP contribution < -0.4 is 9.83 Å². The molecule has 0 amide bonds. The molecule has 53 heavy (non-hydrogen) atoms. The van der Waals surface area contributed by atoms with Crippen LogP contribution in [-0.4, -0.2) is 22.4 Å². The predicted octanol–water partition coefficient (Wildman–Crippen LogP) is 13.7. The molecule has 0 aliphatic carbocycles. The summed E-state index contributed by atoms with van der Waals surface area (Å²) in [6.45, 7) is 28.0. The zero-order valence-electron chi connectivity index (χ0n) is 36.5. The van der Waals surface area contributed by atoms with Crippen molar-refractivity contribution in [1.29, 1.82) is 0 Å². The molecular formula is C47H80O5P+. The Kier molecular flexibility index (Phi) is 18.6. The van der Waals surface area contributed by atoms with Crippen molar-refractivity contribution < 1.29 is 23.8 Å². The van der Waals surface area contributed by atoms with Crippen LogP contribution in [0.25, 0.3) is 0 Å².